The highest BCUT2D eigenvalue weighted by atomic mass is 14.9. The first-order valence-corrected chi connectivity index (χ1v) is 4.86. The second-order valence-electron chi connectivity index (χ2n) is 3.86. The molecule has 1 aromatic carbocycles. The Kier molecular flexibility index (Phi) is 2.15. The lowest BCUT2D eigenvalue weighted by atomic mass is 10.0. The molecule has 0 atom stereocenters. The van der Waals surface area contributed by atoms with E-state index in [4.69, 9.17) is 11.5 Å². The fourth-order valence-electron chi connectivity index (χ4n) is 1.66. The van der Waals surface area contributed by atoms with Crippen molar-refractivity contribution in [2.75, 3.05) is 11.5 Å². The first-order chi connectivity index (χ1) is 7.08. The van der Waals surface area contributed by atoms with Crippen LogP contribution in [0.4, 0.5) is 11.4 Å². The van der Waals surface area contributed by atoms with Crippen LogP contribution in [0.2, 0.25) is 0 Å². The molecule has 3 heteroatoms. The normalized spacial score (nSPS) is 10.5. The van der Waals surface area contributed by atoms with Crippen molar-refractivity contribution >= 4 is 11.4 Å². The molecule has 0 amide bonds. The summed E-state index contributed by atoms with van der Waals surface area (Å²) in [7, 11) is 1.98. The molecule has 3 nitrogen and oxygen atoms in total. The molecule has 4 N–H and O–H groups in total. The Morgan fingerprint density at radius 3 is 2.47 bits per heavy atom. The predicted octanol–water partition coefficient (Wildman–Crippen LogP) is 2.16. The van der Waals surface area contributed by atoms with Gasteiger partial charge in [-0.3, -0.25) is 0 Å². The van der Waals surface area contributed by atoms with Crippen LogP contribution in [0.25, 0.3) is 11.1 Å². The molecular formula is C12H15N3. The van der Waals surface area contributed by atoms with E-state index in [1.165, 1.54) is 0 Å². The van der Waals surface area contributed by atoms with E-state index in [-0.39, 0.29) is 0 Å². The van der Waals surface area contributed by atoms with Crippen LogP contribution < -0.4 is 11.5 Å². The third-order valence-electron chi connectivity index (χ3n) is 2.58. The van der Waals surface area contributed by atoms with Gasteiger partial charge in [0.15, 0.2) is 0 Å². The average Bonchev–Trinajstić information content (AvgIpc) is 2.58. The number of anilines is 2. The molecule has 0 saturated heterocycles. The molecule has 0 spiro atoms. The van der Waals surface area contributed by atoms with Crippen LogP contribution in [0.3, 0.4) is 0 Å². The third kappa shape index (κ3) is 1.68. The minimum Gasteiger partial charge on any atom is -0.398 e. The molecule has 1 aromatic heterocycles. The van der Waals surface area contributed by atoms with Gasteiger partial charge >= 0.3 is 0 Å². The van der Waals surface area contributed by atoms with Gasteiger partial charge in [0.2, 0.25) is 0 Å². The Balaban J connectivity index is 2.58. The third-order valence-corrected chi connectivity index (χ3v) is 2.58. The molecule has 0 saturated carbocycles. The maximum Gasteiger partial charge on any atom is 0.0398 e. The highest BCUT2D eigenvalue weighted by Crippen LogP contribution is 2.30. The Hall–Kier alpha value is -1.90. The average molecular weight is 201 g/mol. The lowest BCUT2D eigenvalue weighted by molar-refractivity contribution is 0.928. The fourth-order valence-corrected chi connectivity index (χ4v) is 1.66. The van der Waals surface area contributed by atoms with Gasteiger partial charge in [0.05, 0.1) is 0 Å². The number of hydrogen-bond acceptors (Lipinski definition) is 2. The van der Waals surface area contributed by atoms with Crippen molar-refractivity contribution < 1.29 is 0 Å². The van der Waals surface area contributed by atoms with Gasteiger partial charge in [0.25, 0.3) is 0 Å². The van der Waals surface area contributed by atoms with Crippen molar-refractivity contribution in [3.63, 3.8) is 0 Å². The number of nitrogens with two attached hydrogens (primary N) is 2. The van der Waals surface area contributed by atoms with Crippen LogP contribution in [0.15, 0.2) is 30.6 Å². The van der Waals surface area contributed by atoms with Gasteiger partial charge in [-0.1, -0.05) is 0 Å². The number of rotatable bonds is 1. The van der Waals surface area contributed by atoms with Gasteiger partial charge < -0.3 is 16.0 Å². The van der Waals surface area contributed by atoms with Crippen molar-refractivity contribution in [2.24, 2.45) is 7.05 Å². The maximum atomic E-state index is 5.97. The van der Waals surface area contributed by atoms with Crippen molar-refractivity contribution in [1.29, 1.82) is 0 Å². The second kappa shape index (κ2) is 3.35. The molecule has 0 unspecified atom stereocenters. The number of nitrogens with zero attached hydrogens (tertiary/aromatic N) is 1. The highest BCUT2D eigenvalue weighted by Gasteiger charge is 2.06. The van der Waals surface area contributed by atoms with E-state index < -0.39 is 0 Å². The first kappa shape index (κ1) is 9.65. The molecule has 1 heterocycles. The van der Waals surface area contributed by atoms with Gasteiger partial charge in [-0.25, -0.2) is 0 Å². The fraction of sp³-hybridized carbons (Fsp3) is 0.167. The molecule has 0 aliphatic rings. The molecule has 2 rings (SSSR count). The van der Waals surface area contributed by atoms with Crippen LogP contribution in [0, 0.1) is 6.92 Å². The topological polar surface area (TPSA) is 57.0 Å². The maximum absolute atomic E-state index is 5.97. The van der Waals surface area contributed by atoms with Crippen molar-refractivity contribution in [3.8, 4) is 11.1 Å². The molecule has 2 aromatic rings. The standard InChI is InChI=1S/C12H15N3/c1-8-5-12(14)10(6-11(8)13)9-3-4-15(2)7-9/h3-7H,13-14H2,1-2H3. The van der Waals surface area contributed by atoms with Crippen LogP contribution in [-0.2, 0) is 7.05 Å². The largest absolute Gasteiger partial charge is 0.398 e. The second-order valence-corrected chi connectivity index (χ2v) is 3.86. The van der Waals surface area contributed by atoms with Gasteiger partial charge in [0.1, 0.15) is 0 Å². The number of aromatic nitrogens is 1. The monoisotopic (exact) mass is 201 g/mol. The van der Waals surface area contributed by atoms with E-state index in [1.54, 1.807) is 0 Å². The summed E-state index contributed by atoms with van der Waals surface area (Å²) in [4.78, 5) is 0. The molecular weight excluding hydrogens is 186 g/mol. The zero-order chi connectivity index (χ0) is 11.0. The van der Waals surface area contributed by atoms with Gasteiger partial charge in [-0.2, -0.15) is 0 Å². The van der Waals surface area contributed by atoms with E-state index in [2.05, 4.69) is 0 Å². The lowest BCUT2D eigenvalue weighted by Gasteiger charge is -2.07. The molecule has 0 aliphatic heterocycles. The van der Waals surface area contributed by atoms with Crippen molar-refractivity contribution in [1.82, 2.24) is 4.57 Å². The van der Waals surface area contributed by atoms with E-state index in [1.807, 2.05) is 49.1 Å². The van der Waals surface area contributed by atoms with E-state index in [0.29, 0.717) is 0 Å². The molecule has 0 radical (unpaired) electrons. The summed E-state index contributed by atoms with van der Waals surface area (Å²) >= 11 is 0. The quantitative estimate of drug-likeness (QED) is 0.695. The molecule has 0 aliphatic carbocycles. The zero-order valence-corrected chi connectivity index (χ0v) is 8.99. The van der Waals surface area contributed by atoms with E-state index >= 15 is 0 Å². The van der Waals surface area contributed by atoms with E-state index in [0.717, 1.165) is 28.1 Å². The summed E-state index contributed by atoms with van der Waals surface area (Å²) in [6, 6.07) is 5.87. The Bertz CT molecular complexity index is 498. The lowest BCUT2D eigenvalue weighted by Crippen LogP contribution is -1.95. The SMILES string of the molecule is Cc1cc(N)c(-c2ccn(C)c2)cc1N. The van der Waals surface area contributed by atoms with Crippen molar-refractivity contribution in [3.05, 3.63) is 36.2 Å². The Morgan fingerprint density at radius 1 is 1.13 bits per heavy atom. The van der Waals surface area contributed by atoms with Crippen molar-refractivity contribution in [2.45, 2.75) is 6.92 Å². The first-order valence-electron chi connectivity index (χ1n) is 4.86. The Morgan fingerprint density at radius 2 is 1.87 bits per heavy atom. The number of benzene rings is 1. The summed E-state index contributed by atoms with van der Waals surface area (Å²) in [5.41, 5.74) is 16.5. The van der Waals surface area contributed by atoms with Gasteiger partial charge in [0, 0.05) is 41.9 Å². The smallest absolute Gasteiger partial charge is 0.0398 e. The summed E-state index contributed by atoms with van der Waals surface area (Å²) in [5.74, 6) is 0. The summed E-state index contributed by atoms with van der Waals surface area (Å²) in [6.07, 6.45) is 4.02. The summed E-state index contributed by atoms with van der Waals surface area (Å²) in [5, 5.41) is 0. The number of nitrogen functional groups attached to an aromatic ring is 2. The van der Waals surface area contributed by atoms with Crippen LogP contribution >= 0.6 is 0 Å². The van der Waals surface area contributed by atoms with E-state index in [9.17, 15) is 0 Å². The van der Waals surface area contributed by atoms with Crippen LogP contribution in [0.5, 0.6) is 0 Å². The Labute approximate surface area is 89.3 Å². The minimum absolute atomic E-state index is 0.771. The van der Waals surface area contributed by atoms with Crippen LogP contribution in [-0.4, -0.2) is 4.57 Å². The summed E-state index contributed by atoms with van der Waals surface area (Å²) < 4.78 is 1.99. The molecule has 0 bridgehead atoms. The van der Waals surface area contributed by atoms with Gasteiger partial charge in [-0.15, -0.1) is 0 Å². The number of aryl methyl sites for hydroxylation is 2. The molecule has 0 fully saturated rings. The highest BCUT2D eigenvalue weighted by molar-refractivity contribution is 5.80. The molecule has 15 heavy (non-hydrogen) atoms. The predicted molar refractivity (Wildman–Crippen MR) is 64.4 cm³/mol. The minimum atomic E-state index is 0.771. The zero-order valence-electron chi connectivity index (χ0n) is 8.99. The van der Waals surface area contributed by atoms with Gasteiger partial charge in [-0.05, 0) is 30.7 Å². The molecule has 78 valence electrons. The summed E-state index contributed by atoms with van der Waals surface area (Å²) in [6.45, 7) is 1.96. The number of hydrogen-bond donors (Lipinski definition) is 2. The van der Waals surface area contributed by atoms with Crippen LogP contribution in [0.1, 0.15) is 5.56 Å².